The van der Waals surface area contributed by atoms with Crippen LogP contribution < -0.4 is 14.5 Å². The van der Waals surface area contributed by atoms with Crippen molar-refractivity contribution in [2.45, 2.75) is 52.4 Å². The molecule has 10 rings (SSSR count). The Bertz CT molecular complexity index is 3320. The molecule has 0 aliphatic carbocycles. The standard InChI is InChI=1S/C56H41F6N4O.Pt/c1-55(2,3)32-20-21-63-51(24-32)66-47-15-8-7-14-39(47)40-19-18-38(30-50(40)66)67-37-13-11-12-36(29-37)64-31-65(49-17-10-9-16-48(49)64)54-41(52-43(59)25-34(57)26-44(52)60)22-33(56(4,5)6)23-42(54)53-45(61)27-35(58)28-46(53)62;/h7-28,31H,1-6H3;/q-3;. The van der Waals surface area contributed by atoms with Gasteiger partial charge in [-0.2, -0.15) is 12.1 Å². The molecular weight excluding hydrogens is 1050 g/mol. The Morgan fingerprint density at radius 2 is 1.10 bits per heavy atom. The molecule has 0 fully saturated rings. The molecule has 0 unspecified atom stereocenters. The van der Waals surface area contributed by atoms with Gasteiger partial charge in [0.05, 0.1) is 11.1 Å². The molecule has 9 aromatic rings. The van der Waals surface area contributed by atoms with Crippen molar-refractivity contribution in [1.29, 1.82) is 0 Å². The molecule has 3 heterocycles. The number of hydrogen-bond acceptors (Lipinski definition) is 4. The summed E-state index contributed by atoms with van der Waals surface area (Å²) in [6, 6.07) is 40.5. The van der Waals surface area contributed by atoms with Crippen molar-refractivity contribution in [2.75, 3.05) is 9.80 Å². The van der Waals surface area contributed by atoms with Gasteiger partial charge in [-0.05, 0) is 69.8 Å². The first kappa shape index (κ1) is 46.3. The number of ether oxygens (including phenoxy) is 1. The third-order valence-electron chi connectivity index (χ3n) is 12.0. The first-order valence-corrected chi connectivity index (χ1v) is 21.6. The number of fused-ring (bicyclic) bond motifs is 4. The normalized spacial score (nSPS) is 12.8. The minimum Gasteiger partial charge on any atom is -0.509 e. The Balaban J connectivity index is 0.00000578. The van der Waals surface area contributed by atoms with Crippen molar-refractivity contribution in [3.63, 3.8) is 0 Å². The second kappa shape index (κ2) is 17.3. The maximum absolute atomic E-state index is 16.1. The maximum Gasteiger partial charge on any atom is 0.136 e. The van der Waals surface area contributed by atoms with Gasteiger partial charge in [0.15, 0.2) is 0 Å². The molecule has 346 valence electrons. The number of benzene rings is 7. The van der Waals surface area contributed by atoms with Crippen LogP contribution in [0.4, 0.5) is 49.1 Å². The van der Waals surface area contributed by atoms with Gasteiger partial charge in [0, 0.05) is 96.7 Å². The van der Waals surface area contributed by atoms with Crippen LogP contribution in [-0.4, -0.2) is 9.55 Å². The van der Waals surface area contributed by atoms with Crippen molar-refractivity contribution in [3.8, 4) is 39.6 Å². The molecule has 0 amide bonds. The molecule has 5 nitrogen and oxygen atoms in total. The quantitative estimate of drug-likeness (QED) is 0.118. The number of anilines is 4. The van der Waals surface area contributed by atoms with E-state index in [9.17, 15) is 8.78 Å². The fraction of sp³-hybridized carbons (Fsp3) is 0.143. The van der Waals surface area contributed by atoms with E-state index in [-0.39, 0.29) is 43.3 Å². The van der Waals surface area contributed by atoms with Gasteiger partial charge in [0.1, 0.15) is 40.7 Å². The summed E-state index contributed by atoms with van der Waals surface area (Å²) >= 11 is 0. The van der Waals surface area contributed by atoms with Gasteiger partial charge < -0.3 is 19.1 Å². The predicted octanol–water partition coefficient (Wildman–Crippen LogP) is 15.7. The Labute approximate surface area is 404 Å². The van der Waals surface area contributed by atoms with Crippen LogP contribution >= 0.6 is 0 Å². The molecule has 0 N–H and O–H groups in total. The van der Waals surface area contributed by atoms with E-state index in [1.165, 1.54) is 12.1 Å². The molecule has 0 atom stereocenters. The second-order valence-electron chi connectivity index (χ2n) is 18.6. The topological polar surface area (TPSA) is 33.5 Å². The molecule has 1 aliphatic rings. The molecule has 0 spiro atoms. The van der Waals surface area contributed by atoms with Crippen LogP contribution in [0.2, 0.25) is 0 Å². The largest absolute Gasteiger partial charge is 0.509 e. The smallest absolute Gasteiger partial charge is 0.136 e. The van der Waals surface area contributed by atoms with E-state index in [0.717, 1.165) is 33.2 Å². The Kier molecular flexibility index (Phi) is 11.8. The summed E-state index contributed by atoms with van der Waals surface area (Å²) in [6.07, 6.45) is 1.81. The van der Waals surface area contributed by atoms with Crippen molar-refractivity contribution in [3.05, 3.63) is 198 Å². The predicted molar refractivity (Wildman–Crippen MR) is 252 cm³/mol. The fourth-order valence-corrected chi connectivity index (χ4v) is 8.72. The maximum atomic E-state index is 16.1. The van der Waals surface area contributed by atoms with Crippen molar-refractivity contribution >= 4 is 44.6 Å². The zero-order chi connectivity index (χ0) is 47.1. The number of nitrogens with zero attached hydrogens (tertiary/aromatic N) is 4. The first-order valence-electron chi connectivity index (χ1n) is 21.6. The van der Waals surface area contributed by atoms with E-state index in [4.69, 9.17) is 9.72 Å². The van der Waals surface area contributed by atoms with E-state index in [2.05, 4.69) is 49.6 Å². The summed E-state index contributed by atoms with van der Waals surface area (Å²) in [6.45, 7) is 13.5. The Hall–Kier alpha value is -6.84. The summed E-state index contributed by atoms with van der Waals surface area (Å²) in [5, 5.41) is 1.99. The van der Waals surface area contributed by atoms with Gasteiger partial charge in [-0.1, -0.05) is 77.4 Å². The average molecular weight is 1100 g/mol. The fourth-order valence-electron chi connectivity index (χ4n) is 8.72. The zero-order valence-corrected chi connectivity index (χ0v) is 39.8. The van der Waals surface area contributed by atoms with Crippen LogP contribution in [0.5, 0.6) is 11.5 Å². The molecule has 12 heteroatoms. The molecule has 2 aromatic heterocycles. The van der Waals surface area contributed by atoms with Gasteiger partial charge in [0.2, 0.25) is 0 Å². The van der Waals surface area contributed by atoms with Gasteiger partial charge in [-0.3, -0.25) is 0 Å². The monoisotopic (exact) mass is 1090 g/mol. The number of rotatable bonds is 7. The third kappa shape index (κ3) is 8.21. The van der Waals surface area contributed by atoms with Gasteiger partial charge >= 0.3 is 0 Å². The van der Waals surface area contributed by atoms with E-state index in [0.29, 0.717) is 58.4 Å². The van der Waals surface area contributed by atoms with Crippen LogP contribution in [0, 0.1) is 53.7 Å². The second-order valence-corrected chi connectivity index (χ2v) is 18.6. The van der Waals surface area contributed by atoms with Crippen LogP contribution in [0.1, 0.15) is 52.7 Å². The molecule has 7 aromatic carbocycles. The van der Waals surface area contributed by atoms with Crippen molar-refractivity contribution < 1.29 is 52.1 Å². The summed E-state index contributed by atoms with van der Waals surface area (Å²) < 4.78 is 102. The summed E-state index contributed by atoms with van der Waals surface area (Å²) in [5.74, 6) is -5.75. The Morgan fingerprint density at radius 1 is 0.544 bits per heavy atom. The minimum atomic E-state index is -1.23. The van der Waals surface area contributed by atoms with Gasteiger partial charge in [-0.15, -0.1) is 48.1 Å². The number of pyridine rings is 1. The Morgan fingerprint density at radius 3 is 1.71 bits per heavy atom. The van der Waals surface area contributed by atoms with Crippen molar-refractivity contribution in [2.24, 2.45) is 0 Å². The van der Waals surface area contributed by atoms with E-state index in [1.807, 2.05) is 63.4 Å². The van der Waals surface area contributed by atoms with Gasteiger partial charge in [-0.25, -0.2) is 31.3 Å². The van der Waals surface area contributed by atoms with E-state index in [1.54, 1.807) is 58.9 Å². The minimum absolute atomic E-state index is 0. The first-order chi connectivity index (χ1) is 31.9. The molecule has 0 bridgehead atoms. The molecule has 68 heavy (non-hydrogen) atoms. The summed E-state index contributed by atoms with van der Waals surface area (Å²) in [7, 11) is 0. The van der Waals surface area contributed by atoms with E-state index >= 15 is 17.6 Å². The summed E-state index contributed by atoms with van der Waals surface area (Å²) in [4.78, 5) is 8.08. The summed E-state index contributed by atoms with van der Waals surface area (Å²) in [5.41, 5.74) is 2.38. The SMILES string of the molecule is CC(C)(C)c1ccnc(-n2c3[c-]c(Oc4[c-]c(N5[CH-]N(c6c(-c7c(F)cc(F)cc7F)cc(C(C)(C)C)cc6-c6c(F)cc(F)cc6F)c6ccccc65)ccc4)ccc3c3ccccc32)c1.[Pt]. The third-order valence-corrected chi connectivity index (χ3v) is 12.0. The van der Waals surface area contributed by atoms with Crippen molar-refractivity contribution in [1.82, 2.24) is 9.55 Å². The number of halogens is 6. The number of hydrogen-bond donors (Lipinski definition) is 0. The molecule has 0 saturated carbocycles. The van der Waals surface area contributed by atoms with Crippen LogP contribution in [0.25, 0.3) is 49.9 Å². The van der Waals surface area contributed by atoms with Crippen LogP contribution in [0.3, 0.4) is 0 Å². The molecule has 0 saturated heterocycles. The zero-order valence-electron chi connectivity index (χ0n) is 37.6. The average Bonchev–Trinajstić information content (AvgIpc) is 3.81. The van der Waals surface area contributed by atoms with Gasteiger partial charge in [0.25, 0.3) is 0 Å². The van der Waals surface area contributed by atoms with E-state index < -0.39 is 51.4 Å². The molecular formula is C56H41F6N4OPt-3. The molecule has 1 aliphatic heterocycles. The number of para-hydroxylation sites is 3. The number of aromatic nitrogens is 2. The molecule has 0 radical (unpaired) electrons. The van der Waals surface area contributed by atoms with Crippen LogP contribution in [-0.2, 0) is 31.9 Å². The van der Waals surface area contributed by atoms with Crippen LogP contribution in [0.15, 0.2) is 134 Å².